The third kappa shape index (κ3) is 4.72. The largest absolute Gasteiger partial charge is 0.208 e. The first-order valence-corrected chi connectivity index (χ1v) is 21.0. The predicted octanol–water partition coefficient (Wildman–Crippen LogP) is 14.3. The van der Waals surface area contributed by atoms with Crippen LogP contribution in [0.15, 0.2) is 212 Å². The standard InChI is InChI=1S/C58H35N3/c1-3-19-37(20-4-1)55-59-56(38-21-5-2-6-22-38)61-57(60-55)47-35-34-36-18-7-8-23-39(36)51(47)46-30-17-33-50-52(46)44-28-13-15-31-48(44)58(50)49-32-16-14-29-45(49)53-42-26-11-9-24-40(42)41-25-10-12-27-43(41)54(53)58/h1-35H. The summed E-state index contributed by atoms with van der Waals surface area (Å²) in [6.07, 6.45) is 0. The van der Waals surface area contributed by atoms with Gasteiger partial charge in [0.1, 0.15) is 0 Å². The van der Waals surface area contributed by atoms with Crippen LogP contribution in [0.4, 0.5) is 0 Å². The molecule has 1 heterocycles. The second-order valence-electron chi connectivity index (χ2n) is 16.2. The van der Waals surface area contributed by atoms with E-state index in [1.54, 1.807) is 0 Å². The molecule has 1 atom stereocenters. The Kier molecular flexibility index (Phi) is 7.22. The van der Waals surface area contributed by atoms with E-state index in [1.807, 2.05) is 36.4 Å². The molecule has 1 aromatic heterocycles. The maximum atomic E-state index is 5.30. The van der Waals surface area contributed by atoms with E-state index in [0.717, 1.165) is 38.6 Å². The monoisotopic (exact) mass is 773 g/mol. The van der Waals surface area contributed by atoms with Crippen LogP contribution in [0.25, 0.3) is 99.9 Å². The van der Waals surface area contributed by atoms with Gasteiger partial charge in [0.2, 0.25) is 0 Å². The zero-order chi connectivity index (χ0) is 40.1. The zero-order valence-electron chi connectivity index (χ0n) is 33.0. The molecule has 11 aromatic rings. The summed E-state index contributed by atoms with van der Waals surface area (Å²) < 4.78 is 0. The molecule has 282 valence electrons. The summed E-state index contributed by atoms with van der Waals surface area (Å²) in [5, 5.41) is 7.45. The van der Waals surface area contributed by atoms with Gasteiger partial charge in [0.15, 0.2) is 17.5 Å². The SMILES string of the molecule is c1ccc(-c2nc(-c3ccccc3)nc(-c3ccc4ccccc4c3-c3cccc4c3-c3ccccc3C43c4ccccc4-c4c3c3ccccc3c3ccccc43)n2)cc1. The fourth-order valence-corrected chi connectivity index (χ4v) is 10.7. The number of aromatic nitrogens is 3. The van der Waals surface area contributed by atoms with Gasteiger partial charge in [0, 0.05) is 22.3 Å². The van der Waals surface area contributed by atoms with E-state index in [4.69, 9.17) is 15.0 Å². The molecule has 61 heavy (non-hydrogen) atoms. The van der Waals surface area contributed by atoms with E-state index in [1.165, 1.54) is 66.1 Å². The van der Waals surface area contributed by atoms with Crippen LogP contribution in [-0.4, -0.2) is 15.0 Å². The van der Waals surface area contributed by atoms with E-state index < -0.39 is 5.41 Å². The minimum atomic E-state index is -0.559. The van der Waals surface area contributed by atoms with Crippen molar-refractivity contribution >= 4 is 32.3 Å². The van der Waals surface area contributed by atoms with Crippen molar-refractivity contribution in [2.24, 2.45) is 0 Å². The van der Waals surface area contributed by atoms with E-state index in [0.29, 0.717) is 17.5 Å². The summed E-state index contributed by atoms with van der Waals surface area (Å²) >= 11 is 0. The summed E-state index contributed by atoms with van der Waals surface area (Å²) in [4.78, 5) is 15.7. The molecule has 1 spiro atoms. The van der Waals surface area contributed by atoms with Crippen molar-refractivity contribution in [2.75, 3.05) is 0 Å². The first kappa shape index (κ1) is 33.9. The van der Waals surface area contributed by atoms with Crippen LogP contribution < -0.4 is 0 Å². The molecule has 0 saturated carbocycles. The minimum Gasteiger partial charge on any atom is -0.208 e. The van der Waals surface area contributed by atoms with Gasteiger partial charge in [-0.15, -0.1) is 0 Å². The molecule has 2 aliphatic carbocycles. The molecule has 0 N–H and O–H groups in total. The van der Waals surface area contributed by atoms with Crippen molar-refractivity contribution in [1.29, 1.82) is 0 Å². The summed E-state index contributed by atoms with van der Waals surface area (Å²) in [6.45, 7) is 0. The molecule has 0 amide bonds. The van der Waals surface area contributed by atoms with Gasteiger partial charge in [-0.2, -0.15) is 0 Å². The lowest BCUT2D eigenvalue weighted by atomic mass is 9.69. The average Bonchev–Trinajstić information content (AvgIpc) is 3.82. The summed E-state index contributed by atoms with van der Waals surface area (Å²) in [5.41, 5.74) is 15.0. The normalized spacial score (nSPS) is 14.6. The second-order valence-corrected chi connectivity index (χ2v) is 16.2. The van der Waals surface area contributed by atoms with Crippen molar-refractivity contribution in [3.05, 3.63) is 235 Å². The third-order valence-electron chi connectivity index (χ3n) is 13.1. The van der Waals surface area contributed by atoms with Crippen molar-refractivity contribution in [1.82, 2.24) is 15.0 Å². The summed E-state index contributed by atoms with van der Waals surface area (Å²) in [5.74, 6) is 1.93. The van der Waals surface area contributed by atoms with Crippen molar-refractivity contribution in [3.8, 4) is 67.5 Å². The van der Waals surface area contributed by atoms with E-state index in [9.17, 15) is 0 Å². The molecule has 3 nitrogen and oxygen atoms in total. The zero-order valence-corrected chi connectivity index (χ0v) is 33.0. The molecule has 2 aliphatic rings. The van der Waals surface area contributed by atoms with Crippen LogP contribution in [0.5, 0.6) is 0 Å². The highest BCUT2D eigenvalue weighted by molar-refractivity contribution is 6.20. The van der Waals surface area contributed by atoms with Crippen LogP contribution in [-0.2, 0) is 5.41 Å². The Morgan fingerprint density at radius 2 is 0.738 bits per heavy atom. The molecule has 10 aromatic carbocycles. The van der Waals surface area contributed by atoms with Crippen LogP contribution in [0.1, 0.15) is 22.3 Å². The topological polar surface area (TPSA) is 38.7 Å². The second kappa shape index (κ2) is 13.0. The molecular weight excluding hydrogens is 739 g/mol. The van der Waals surface area contributed by atoms with Gasteiger partial charge in [-0.25, -0.2) is 15.0 Å². The Morgan fingerprint density at radius 3 is 1.41 bits per heavy atom. The fraction of sp³-hybridized carbons (Fsp3) is 0.0172. The quantitative estimate of drug-likeness (QED) is 0.167. The highest BCUT2D eigenvalue weighted by Crippen LogP contribution is 2.66. The van der Waals surface area contributed by atoms with Gasteiger partial charge in [-0.1, -0.05) is 206 Å². The minimum absolute atomic E-state index is 0.559. The molecule has 1 unspecified atom stereocenters. The molecule has 13 rings (SSSR count). The molecular formula is C58H35N3. The van der Waals surface area contributed by atoms with Gasteiger partial charge in [-0.3, -0.25) is 0 Å². The van der Waals surface area contributed by atoms with Crippen molar-refractivity contribution in [2.45, 2.75) is 5.41 Å². The van der Waals surface area contributed by atoms with Crippen molar-refractivity contribution < 1.29 is 0 Å². The van der Waals surface area contributed by atoms with Gasteiger partial charge in [0.25, 0.3) is 0 Å². The Balaban J connectivity index is 1.16. The Hall–Kier alpha value is -8.01. The number of hydrogen-bond donors (Lipinski definition) is 0. The molecule has 0 fully saturated rings. The smallest absolute Gasteiger partial charge is 0.164 e. The van der Waals surface area contributed by atoms with Crippen LogP contribution >= 0.6 is 0 Å². The van der Waals surface area contributed by atoms with Gasteiger partial charge in [0.05, 0.1) is 5.41 Å². The summed E-state index contributed by atoms with van der Waals surface area (Å²) in [6, 6.07) is 76.9. The predicted molar refractivity (Wildman–Crippen MR) is 250 cm³/mol. The molecule has 3 heteroatoms. The lowest BCUT2D eigenvalue weighted by molar-refractivity contribution is 0.802. The Morgan fingerprint density at radius 1 is 0.262 bits per heavy atom. The molecule has 0 radical (unpaired) electrons. The van der Waals surface area contributed by atoms with E-state index in [2.05, 4.69) is 176 Å². The number of nitrogens with zero attached hydrogens (tertiary/aromatic N) is 3. The Bertz CT molecular complexity index is 3540. The van der Waals surface area contributed by atoms with Gasteiger partial charge in [-0.05, 0) is 88.5 Å². The first-order chi connectivity index (χ1) is 30.3. The lowest BCUT2D eigenvalue weighted by Crippen LogP contribution is -2.26. The fourth-order valence-electron chi connectivity index (χ4n) is 10.7. The molecule has 0 aliphatic heterocycles. The molecule has 0 saturated heterocycles. The molecule has 0 bridgehead atoms. The van der Waals surface area contributed by atoms with Gasteiger partial charge < -0.3 is 0 Å². The van der Waals surface area contributed by atoms with Crippen LogP contribution in [0.2, 0.25) is 0 Å². The van der Waals surface area contributed by atoms with E-state index in [-0.39, 0.29) is 0 Å². The highest BCUT2D eigenvalue weighted by Gasteiger charge is 2.53. The highest BCUT2D eigenvalue weighted by atomic mass is 15.0. The average molecular weight is 774 g/mol. The Labute approximate surface area is 353 Å². The first-order valence-electron chi connectivity index (χ1n) is 21.0. The third-order valence-corrected chi connectivity index (χ3v) is 13.1. The number of rotatable bonds is 4. The number of hydrogen-bond acceptors (Lipinski definition) is 3. The number of fused-ring (bicyclic) bond motifs is 16. The van der Waals surface area contributed by atoms with Crippen LogP contribution in [0, 0.1) is 0 Å². The maximum absolute atomic E-state index is 5.30. The van der Waals surface area contributed by atoms with Gasteiger partial charge >= 0.3 is 0 Å². The number of benzene rings is 10. The summed E-state index contributed by atoms with van der Waals surface area (Å²) in [7, 11) is 0. The van der Waals surface area contributed by atoms with Crippen LogP contribution in [0.3, 0.4) is 0 Å². The lowest BCUT2D eigenvalue weighted by Gasteiger charge is -2.32. The van der Waals surface area contributed by atoms with Crippen molar-refractivity contribution in [3.63, 3.8) is 0 Å². The maximum Gasteiger partial charge on any atom is 0.164 e. The van der Waals surface area contributed by atoms with E-state index >= 15 is 0 Å².